The van der Waals surface area contributed by atoms with E-state index in [1.807, 2.05) is 30.3 Å². The average Bonchev–Trinajstić information content (AvgIpc) is 2.84. The van der Waals surface area contributed by atoms with E-state index in [0.29, 0.717) is 6.54 Å². The van der Waals surface area contributed by atoms with E-state index in [1.54, 1.807) is 21.3 Å². The number of rotatable bonds is 9. The molecule has 7 heteroatoms. The zero-order valence-electron chi connectivity index (χ0n) is 18.9. The first kappa shape index (κ1) is 22.7. The maximum atomic E-state index is 5.28. The molecule has 168 valence electrons. The number of aliphatic imine (C=N–C) groups is 1. The third kappa shape index (κ3) is 7.07. The van der Waals surface area contributed by atoms with E-state index in [4.69, 9.17) is 9.47 Å². The highest BCUT2D eigenvalue weighted by atomic mass is 16.5. The fourth-order valence-electron chi connectivity index (χ4n) is 3.72. The van der Waals surface area contributed by atoms with E-state index in [2.05, 4.69) is 43.6 Å². The Labute approximate surface area is 186 Å². The summed E-state index contributed by atoms with van der Waals surface area (Å²) in [6.45, 7) is 7.01. The quantitative estimate of drug-likeness (QED) is 0.366. The zero-order chi connectivity index (χ0) is 21.9. The van der Waals surface area contributed by atoms with E-state index < -0.39 is 0 Å². The van der Waals surface area contributed by atoms with Gasteiger partial charge in [-0.15, -0.1) is 0 Å². The first-order chi connectivity index (χ1) is 15.2. The molecule has 2 N–H and O–H groups in total. The molecule has 1 saturated heterocycles. The molecule has 1 fully saturated rings. The number of nitrogens with zero attached hydrogens (tertiary/aromatic N) is 3. The van der Waals surface area contributed by atoms with Crippen molar-refractivity contribution >= 4 is 11.6 Å². The Bertz CT molecular complexity index is 817. The summed E-state index contributed by atoms with van der Waals surface area (Å²) >= 11 is 0. The second-order valence-electron chi connectivity index (χ2n) is 7.58. The van der Waals surface area contributed by atoms with Gasteiger partial charge in [0.2, 0.25) is 0 Å². The summed E-state index contributed by atoms with van der Waals surface area (Å²) in [7, 11) is 5.19. The maximum absolute atomic E-state index is 5.28. The lowest BCUT2D eigenvalue weighted by Gasteiger charge is -2.36. The van der Waals surface area contributed by atoms with Crippen molar-refractivity contribution in [3.8, 4) is 11.5 Å². The topological polar surface area (TPSA) is 61.4 Å². The fourth-order valence-corrected chi connectivity index (χ4v) is 3.72. The molecule has 1 aliphatic heterocycles. The second-order valence-corrected chi connectivity index (χ2v) is 7.58. The highest BCUT2D eigenvalue weighted by Gasteiger charge is 2.16. The Morgan fingerprint density at radius 2 is 1.68 bits per heavy atom. The van der Waals surface area contributed by atoms with Gasteiger partial charge >= 0.3 is 0 Å². The number of hydrogen-bond donors (Lipinski definition) is 2. The van der Waals surface area contributed by atoms with E-state index in [0.717, 1.165) is 68.7 Å². The summed E-state index contributed by atoms with van der Waals surface area (Å²) in [4.78, 5) is 9.30. The SMILES string of the molecule is CN=C(NCCCN1CCN(c2ccc(OC)cc2)CC1)NCc1cccc(OC)c1. The minimum atomic E-state index is 0.712. The van der Waals surface area contributed by atoms with Crippen LogP contribution in [0.2, 0.25) is 0 Å². The Morgan fingerprint density at radius 3 is 2.35 bits per heavy atom. The lowest BCUT2D eigenvalue weighted by atomic mass is 10.2. The average molecular weight is 426 g/mol. The molecule has 0 amide bonds. The van der Waals surface area contributed by atoms with Crippen molar-refractivity contribution in [2.45, 2.75) is 13.0 Å². The molecule has 0 unspecified atom stereocenters. The number of anilines is 1. The molecule has 1 aliphatic rings. The first-order valence-corrected chi connectivity index (χ1v) is 10.9. The molecule has 0 radical (unpaired) electrons. The van der Waals surface area contributed by atoms with Crippen LogP contribution in [0.15, 0.2) is 53.5 Å². The van der Waals surface area contributed by atoms with Crippen LogP contribution in [-0.4, -0.2) is 71.4 Å². The number of ether oxygens (including phenoxy) is 2. The monoisotopic (exact) mass is 425 g/mol. The molecule has 0 atom stereocenters. The van der Waals surface area contributed by atoms with Crippen molar-refractivity contribution in [2.75, 3.05) is 65.4 Å². The summed E-state index contributed by atoms with van der Waals surface area (Å²) in [6.07, 6.45) is 1.09. The third-order valence-corrected chi connectivity index (χ3v) is 5.57. The molecule has 7 nitrogen and oxygen atoms in total. The Kier molecular flexibility index (Phi) is 8.84. The van der Waals surface area contributed by atoms with Gasteiger partial charge in [-0.2, -0.15) is 0 Å². The van der Waals surface area contributed by atoms with Gasteiger partial charge in [0, 0.05) is 52.0 Å². The van der Waals surface area contributed by atoms with Crippen LogP contribution in [0.25, 0.3) is 0 Å². The van der Waals surface area contributed by atoms with Gasteiger partial charge in [0.05, 0.1) is 14.2 Å². The van der Waals surface area contributed by atoms with Crippen molar-refractivity contribution in [2.24, 2.45) is 4.99 Å². The predicted molar refractivity (Wildman–Crippen MR) is 127 cm³/mol. The van der Waals surface area contributed by atoms with Gasteiger partial charge in [-0.05, 0) is 54.9 Å². The molecular formula is C24H35N5O2. The summed E-state index contributed by atoms with van der Waals surface area (Å²) in [5.74, 6) is 2.60. The number of guanidine groups is 1. The van der Waals surface area contributed by atoms with Crippen LogP contribution in [-0.2, 0) is 6.54 Å². The largest absolute Gasteiger partial charge is 0.497 e. The molecule has 2 aromatic rings. The van der Waals surface area contributed by atoms with Gasteiger partial charge in [0.25, 0.3) is 0 Å². The molecule has 3 rings (SSSR count). The molecule has 0 saturated carbocycles. The van der Waals surface area contributed by atoms with Crippen molar-refractivity contribution in [1.82, 2.24) is 15.5 Å². The normalized spacial score (nSPS) is 14.9. The molecule has 0 spiro atoms. The van der Waals surface area contributed by atoms with E-state index in [1.165, 1.54) is 5.69 Å². The van der Waals surface area contributed by atoms with Crippen LogP contribution in [0, 0.1) is 0 Å². The van der Waals surface area contributed by atoms with Crippen molar-refractivity contribution in [1.29, 1.82) is 0 Å². The molecule has 0 bridgehead atoms. The molecule has 1 heterocycles. The van der Waals surface area contributed by atoms with Crippen molar-refractivity contribution in [3.63, 3.8) is 0 Å². The van der Waals surface area contributed by atoms with Crippen LogP contribution in [0.4, 0.5) is 5.69 Å². The number of piperazine rings is 1. The summed E-state index contributed by atoms with van der Waals surface area (Å²) < 4.78 is 10.5. The van der Waals surface area contributed by atoms with Crippen LogP contribution >= 0.6 is 0 Å². The lowest BCUT2D eigenvalue weighted by Crippen LogP contribution is -2.47. The Balaban J connectivity index is 1.32. The summed E-state index contributed by atoms with van der Waals surface area (Å²) in [5.41, 5.74) is 2.44. The number of methoxy groups -OCH3 is 2. The zero-order valence-corrected chi connectivity index (χ0v) is 18.9. The third-order valence-electron chi connectivity index (χ3n) is 5.57. The molecular weight excluding hydrogens is 390 g/mol. The molecule has 0 aliphatic carbocycles. The summed E-state index contributed by atoms with van der Waals surface area (Å²) in [5, 5.41) is 6.77. The van der Waals surface area contributed by atoms with Crippen molar-refractivity contribution in [3.05, 3.63) is 54.1 Å². The van der Waals surface area contributed by atoms with Crippen LogP contribution in [0.5, 0.6) is 11.5 Å². The molecule has 0 aromatic heterocycles. The maximum Gasteiger partial charge on any atom is 0.191 e. The minimum absolute atomic E-state index is 0.712. The Morgan fingerprint density at radius 1 is 0.935 bits per heavy atom. The standard InChI is InChI=1S/C24H35N5O2/c1-25-24(27-19-20-6-4-7-23(18-20)31-3)26-12-5-13-28-14-16-29(17-15-28)21-8-10-22(30-2)11-9-21/h4,6-11,18H,5,12-17,19H2,1-3H3,(H2,25,26,27). The van der Waals surface area contributed by atoms with Gasteiger partial charge in [0.1, 0.15) is 11.5 Å². The fraction of sp³-hybridized carbons (Fsp3) is 0.458. The Hall–Kier alpha value is -2.93. The van der Waals surface area contributed by atoms with Crippen LogP contribution in [0.3, 0.4) is 0 Å². The van der Waals surface area contributed by atoms with Crippen LogP contribution < -0.4 is 25.0 Å². The summed E-state index contributed by atoms with van der Waals surface area (Å²) in [6, 6.07) is 16.4. The second kappa shape index (κ2) is 12.1. The highest BCUT2D eigenvalue weighted by Crippen LogP contribution is 2.20. The number of hydrogen-bond acceptors (Lipinski definition) is 5. The highest BCUT2D eigenvalue weighted by molar-refractivity contribution is 5.79. The van der Waals surface area contributed by atoms with Gasteiger partial charge in [-0.1, -0.05) is 12.1 Å². The molecule has 31 heavy (non-hydrogen) atoms. The first-order valence-electron chi connectivity index (χ1n) is 10.9. The van der Waals surface area contributed by atoms with Gasteiger partial charge in [-0.3, -0.25) is 9.89 Å². The van der Waals surface area contributed by atoms with E-state index >= 15 is 0 Å². The minimum Gasteiger partial charge on any atom is -0.497 e. The van der Waals surface area contributed by atoms with E-state index in [-0.39, 0.29) is 0 Å². The van der Waals surface area contributed by atoms with Gasteiger partial charge in [0.15, 0.2) is 5.96 Å². The predicted octanol–water partition coefficient (Wildman–Crippen LogP) is 2.58. The van der Waals surface area contributed by atoms with E-state index in [9.17, 15) is 0 Å². The van der Waals surface area contributed by atoms with Gasteiger partial charge in [-0.25, -0.2) is 0 Å². The molecule has 2 aromatic carbocycles. The van der Waals surface area contributed by atoms with Crippen LogP contribution in [0.1, 0.15) is 12.0 Å². The lowest BCUT2D eigenvalue weighted by molar-refractivity contribution is 0.255. The van der Waals surface area contributed by atoms with Gasteiger partial charge < -0.3 is 25.0 Å². The smallest absolute Gasteiger partial charge is 0.191 e. The van der Waals surface area contributed by atoms with Crippen molar-refractivity contribution < 1.29 is 9.47 Å². The number of benzene rings is 2. The number of nitrogens with one attached hydrogen (secondary N) is 2.